The van der Waals surface area contributed by atoms with Crippen LogP contribution in [0.1, 0.15) is 13.8 Å². The summed E-state index contributed by atoms with van der Waals surface area (Å²) in [6, 6.07) is 1.48. The van der Waals surface area contributed by atoms with Gasteiger partial charge in [-0.3, -0.25) is 0 Å². The molecule has 0 spiro atoms. The molecule has 0 radical (unpaired) electrons. The molecule has 1 aliphatic heterocycles. The van der Waals surface area contributed by atoms with Gasteiger partial charge in [0.15, 0.2) is 0 Å². The molecule has 1 aromatic rings. The van der Waals surface area contributed by atoms with E-state index in [0.29, 0.717) is 28.6 Å². The van der Waals surface area contributed by atoms with Crippen molar-refractivity contribution in [1.29, 1.82) is 0 Å². The molecule has 1 aromatic heterocycles. The predicted octanol–water partition coefficient (Wildman–Crippen LogP) is 2.96. The van der Waals surface area contributed by atoms with Gasteiger partial charge in [0.1, 0.15) is 4.21 Å². The van der Waals surface area contributed by atoms with Crippen LogP contribution in [0.3, 0.4) is 0 Å². The van der Waals surface area contributed by atoms with Gasteiger partial charge in [-0.05, 0) is 35.8 Å². The van der Waals surface area contributed by atoms with Gasteiger partial charge >= 0.3 is 0 Å². The first-order chi connectivity index (χ1) is 8.25. The standard InChI is InChI=1S/C10H13BrClNO3S2/c1-10(2)6-16-4-3-13(10)18(14,15)8-5-7(12)9(11)17-8/h5H,3-4,6H2,1-2H3. The summed E-state index contributed by atoms with van der Waals surface area (Å²) in [5.74, 6) is 0. The average Bonchev–Trinajstić information content (AvgIpc) is 2.59. The highest BCUT2D eigenvalue weighted by Crippen LogP contribution is 2.37. The Morgan fingerprint density at radius 2 is 2.22 bits per heavy atom. The van der Waals surface area contributed by atoms with Gasteiger partial charge in [0.25, 0.3) is 10.0 Å². The van der Waals surface area contributed by atoms with E-state index in [1.54, 1.807) is 0 Å². The quantitative estimate of drug-likeness (QED) is 0.799. The van der Waals surface area contributed by atoms with E-state index >= 15 is 0 Å². The summed E-state index contributed by atoms with van der Waals surface area (Å²) in [4.78, 5) is 0. The zero-order chi connectivity index (χ0) is 13.6. The van der Waals surface area contributed by atoms with E-state index < -0.39 is 15.6 Å². The molecule has 1 saturated heterocycles. The highest BCUT2D eigenvalue weighted by atomic mass is 79.9. The molecular formula is C10H13BrClNO3S2. The fraction of sp³-hybridized carbons (Fsp3) is 0.600. The number of morpholine rings is 1. The second kappa shape index (κ2) is 5.03. The number of halogens is 2. The minimum absolute atomic E-state index is 0.259. The molecule has 0 unspecified atom stereocenters. The number of ether oxygens (including phenoxy) is 1. The average molecular weight is 375 g/mol. The molecule has 0 amide bonds. The minimum Gasteiger partial charge on any atom is -0.378 e. The summed E-state index contributed by atoms with van der Waals surface area (Å²) >= 11 is 10.3. The van der Waals surface area contributed by atoms with Crippen molar-refractivity contribution in [2.75, 3.05) is 19.8 Å². The molecule has 102 valence electrons. The smallest absolute Gasteiger partial charge is 0.253 e. The zero-order valence-electron chi connectivity index (χ0n) is 9.94. The van der Waals surface area contributed by atoms with Crippen LogP contribution >= 0.6 is 38.9 Å². The third-order valence-corrected chi connectivity index (χ3v) is 7.77. The first-order valence-corrected chi connectivity index (χ1v) is 8.73. The van der Waals surface area contributed by atoms with Crippen molar-refractivity contribution in [2.24, 2.45) is 0 Å². The SMILES string of the molecule is CC1(C)COCCN1S(=O)(=O)c1cc(Cl)c(Br)s1. The Labute approximate surface area is 124 Å². The van der Waals surface area contributed by atoms with E-state index in [1.165, 1.54) is 10.4 Å². The van der Waals surface area contributed by atoms with Crippen LogP contribution in [-0.4, -0.2) is 38.0 Å². The number of hydrogen-bond donors (Lipinski definition) is 0. The van der Waals surface area contributed by atoms with Crippen molar-refractivity contribution in [2.45, 2.75) is 23.6 Å². The summed E-state index contributed by atoms with van der Waals surface area (Å²) in [6.45, 7) is 4.89. The molecule has 0 bridgehead atoms. The van der Waals surface area contributed by atoms with Crippen molar-refractivity contribution in [3.63, 3.8) is 0 Å². The Morgan fingerprint density at radius 3 is 2.72 bits per heavy atom. The Bertz CT molecular complexity index is 536. The third-order valence-electron chi connectivity index (χ3n) is 2.74. The molecule has 0 aromatic carbocycles. The van der Waals surface area contributed by atoms with Gasteiger partial charge in [-0.1, -0.05) is 11.6 Å². The van der Waals surface area contributed by atoms with Gasteiger partial charge in [-0.2, -0.15) is 4.31 Å². The van der Waals surface area contributed by atoms with E-state index in [2.05, 4.69) is 15.9 Å². The van der Waals surface area contributed by atoms with Crippen LogP contribution in [0.2, 0.25) is 5.02 Å². The number of nitrogens with zero attached hydrogens (tertiary/aromatic N) is 1. The Kier molecular flexibility index (Phi) is 4.12. The Morgan fingerprint density at radius 1 is 1.56 bits per heavy atom. The molecule has 2 rings (SSSR count). The van der Waals surface area contributed by atoms with E-state index in [1.807, 2.05) is 13.8 Å². The van der Waals surface area contributed by atoms with Gasteiger partial charge in [-0.15, -0.1) is 11.3 Å². The van der Waals surface area contributed by atoms with Crippen LogP contribution in [0.4, 0.5) is 0 Å². The second-order valence-electron chi connectivity index (χ2n) is 4.63. The number of sulfonamides is 1. The lowest BCUT2D eigenvalue weighted by atomic mass is 10.1. The maximum atomic E-state index is 12.6. The van der Waals surface area contributed by atoms with Crippen molar-refractivity contribution in [1.82, 2.24) is 4.31 Å². The lowest BCUT2D eigenvalue weighted by molar-refractivity contribution is -0.00761. The summed E-state index contributed by atoms with van der Waals surface area (Å²) < 4.78 is 32.9. The highest BCUT2D eigenvalue weighted by molar-refractivity contribution is 9.11. The fourth-order valence-electron chi connectivity index (χ4n) is 1.85. The molecule has 1 fully saturated rings. The van der Waals surface area contributed by atoms with Crippen LogP contribution in [0, 0.1) is 0 Å². The van der Waals surface area contributed by atoms with Gasteiger partial charge in [0, 0.05) is 6.54 Å². The normalized spacial score (nSPS) is 21.1. The van der Waals surface area contributed by atoms with Crippen LogP contribution in [-0.2, 0) is 14.8 Å². The predicted molar refractivity (Wildman–Crippen MR) is 75.8 cm³/mol. The molecular weight excluding hydrogens is 362 g/mol. The number of hydrogen-bond acceptors (Lipinski definition) is 4. The van der Waals surface area contributed by atoms with Crippen LogP contribution in [0.5, 0.6) is 0 Å². The summed E-state index contributed by atoms with van der Waals surface area (Å²) in [7, 11) is -3.51. The largest absolute Gasteiger partial charge is 0.378 e. The lowest BCUT2D eigenvalue weighted by Gasteiger charge is -2.40. The van der Waals surface area contributed by atoms with Gasteiger partial charge in [0.2, 0.25) is 0 Å². The summed E-state index contributed by atoms with van der Waals surface area (Å²) in [5.41, 5.74) is -0.542. The van der Waals surface area contributed by atoms with Crippen LogP contribution in [0.15, 0.2) is 14.1 Å². The maximum absolute atomic E-state index is 12.6. The minimum atomic E-state index is -3.51. The Hall–Kier alpha value is 0.340. The Balaban J connectivity index is 2.42. The summed E-state index contributed by atoms with van der Waals surface area (Å²) in [5, 5.41) is 0.421. The molecule has 1 aliphatic rings. The van der Waals surface area contributed by atoms with Crippen molar-refractivity contribution in [3.8, 4) is 0 Å². The first kappa shape index (κ1) is 14.7. The van der Waals surface area contributed by atoms with Crippen molar-refractivity contribution in [3.05, 3.63) is 14.9 Å². The van der Waals surface area contributed by atoms with Crippen LogP contribution < -0.4 is 0 Å². The molecule has 2 heterocycles. The molecule has 8 heteroatoms. The van der Waals surface area contributed by atoms with E-state index in [0.717, 1.165) is 11.3 Å². The lowest BCUT2D eigenvalue weighted by Crippen LogP contribution is -2.55. The van der Waals surface area contributed by atoms with Gasteiger partial charge in [-0.25, -0.2) is 8.42 Å². The topological polar surface area (TPSA) is 46.6 Å². The number of rotatable bonds is 2. The van der Waals surface area contributed by atoms with Crippen molar-refractivity contribution >= 4 is 48.9 Å². The highest BCUT2D eigenvalue weighted by Gasteiger charge is 2.40. The molecule has 0 aliphatic carbocycles. The first-order valence-electron chi connectivity index (χ1n) is 5.30. The van der Waals surface area contributed by atoms with E-state index in [9.17, 15) is 8.42 Å². The van der Waals surface area contributed by atoms with E-state index in [4.69, 9.17) is 16.3 Å². The monoisotopic (exact) mass is 373 g/mol. The third kappa shape index (κ3) is 2.62. The molecule has 0 saturated carbocycles. The molecule has 0 N–H and O–H groups in total. The second-order valence-corrected chi connectivity index (χ2v) is 9.50. The summed E-state index contributed by atoms with van der Waals surface area (Å²) in [6.07, 6.45) is 0. The van der Waals surface area contributed by atoms with Crippen molar-refractivity contribution < 1.29 is 13.2 Å². The molecule has 4 nitrogen and oxygen atoms in total. The molecule has 18 heavy (non-hydrogen) atoms. The number of thiophene rings is 1. The molecule has 0 atom stereocenters. The zero-order valence-corrected chi connectivity index (χ0v) is 13.9. The van der Waals surface area contributed by atoms with E-state index in [-0.39, 0.29) is 4.21 Å². The van der Waals surface area contributed by atoms with Gasteiger partial charge < -0.3 is 4.74 Å². The fourth-order valence-corrected chi connectivity index (χ4v) is 6.12. The van der Waals surface area contributed by atoms with Crippen LogP contribution in [0.25, 0.3) is 0 Å². The van der Waals surface area contributed by atoms with Gasteiger partial charge in [0.05, 0.1) is 27.6 Å². The maximum Gasteiger partial charge on any atom is 0.253 e.